The average Bonchev–Trinajstić information content (AvgIpc) is 3.28. The van der Waals surface area contributed by atoms with E-state index in [2.05, 4.69) is 65.1 Å². The van der Waals surface area contributed by atoms with Gasteiger partial charge in [0, 0.05) is 48.4 Å². The first-order chi connectivity index (χ1) is 16.5. The Kier molecular flexibility index (Phi) is 5.72. The lowest BCUT2D eigenvalue weighted by Gasteiger charge is -2.49. The lowest BCUT2D eigenvalue weighted by Crippen LogP contribution is -2.62. The first kappa shape index (κ1) is 23.6. The smallest absolute Gasteiger partial charge is 0.253 e. The van der Waals surface area contributed by atoms with Crippen molar-refractivity contribution in [3.63, 3.8) is 0 Å². The zero-order chi connectivity index (χ0) is 25.0. The van der Waals surface area contributed by atoms with E-state index >= 15 is 0 Å². The van der Waals surface area contributed by atoms with Crippen LogP contribution in [0, 0.1) is 0 Å². The van der Waals surface area contributed by atoms with Crippen molar-refractivity contribution in [2.45, 2.75) is 57.7 Å². The highest BCUT2D eigenvalue weighted by molar-refractivity contribution is 7.17. The van der Waals surface area contributed by atoms with Gasteiger partial charge < -0.3 is 14.8 Å². The van der Waals surface area contributed by atoms with Gasteiger partial charge in [-0.1, -0.05) is 6.07 Å². The molecule has 1 aliphatic heterocycles. The molecule has 4 heterocycles. The van der Waals surface area contributed by atoms with Crippen LogP contribution in [0.3, 0.4) is 0 Å². The highest BCUT2D eigenvalue weighted by atomic mass is 32.1. The summed E-state index contributed by atoms with van der Waals surface area (Å²) in [5.41, 5.74) is 5.90. The fourth-order valence-electron chi connectivity index (χ4n) is 5.35. The summed E-state index contributed by atoms with van der Waals surface area (Å²) < 4.78 is 2.44. The zero-order valence-electron chi connectivity index (χ0n) is 21.0. The van der Waals surface area contributed by atoms with E-state index in [4.69, 9.17) is 0 Å². The van der Waals surface area contributed by atoms with Gasteiger partial charge in [0.1, 0.15) is 0 Å². The minimum atomic E-state index is -0.0946. The van der Waals surface area contributed by atoms with Gasteiger partial charge in [-0.25, -0.2) is 9.97 Å². The maximum absolute atomic E-state index is 12.1. The van der Waals surface area contributed by atoms with E-state index in [1.165, 1.54) is 15.9 Å². The first-order valence-corrected chi connectivity index (χ1v) is 12.7. The lowest BCUT2D eigenvalue weighted by molar-refractivity contribution is 0.160. The van der Waals surface area contributed by atoms with Crippen molar-refractivity contribution < 1.29 is 0 Å². The fraction of sp³-hybridized carbons (Fsp3) is 0.423. The molecule has 0 atom stereocenters. The fourth-order valence-corrected chi connectivity index (χ4v) is 6.19. The molecular formula is C26H31N7OS. The predicted molar refractivity (Wildman–Crippen MR) is 142 cm³/mol. The third-order valence-corrected chi connectivity index (χ3v) is 7.60. The normalized spacial score (nSPS) is 17.5. The number of anilines is 1. The van der Waals surface area contributed by atoms with E-state index in [0.717, 1.165) is 45.7 Å². The Bertz CT molecular complexity index is 1420. The molecule has 182 valence electrons. The summed E-state index contributed by atoms with van der Waals surface area (Å²) in [5.74, 6) is 0.864. The topological polar surface area (TPSA) is 88.8 Å². The molecule has 0 unspecified atom stereocenters. The monoisotopic (exact) mass is 489 g/mol. The number of piperidine rings is 1. The van der Waals surface area contributed by atoms with Gasteiger partial charge in [0.15, 0.2) is 5.82 Å². The van der Waals surface area contributed by atoms with Gasteiger partial charge >= 0.3 is 0 Å². The Morgan fingerprint density at radius 3 is 2.37 bits per heavy atom. The van der Waals surface area contributed by atoms with Gasteiger partial charge in [0.2, 0.25) is 0 Å². The van der Waals surface area contributed by atoms with Crippen molar-refractivity contribution in [2.75, 3.05) is 11.9 Å². The summed E-state index contributed by atoms with van der Waals surface area (Å²) in [6.45, 7) is 9.04. The third-order valence-electron chi connectivity index (χ3n) is 6.74. The van der Waals surface area contributed by atoms with E-state index in [9.17, 15) is 4.79 Å². The second-order valence-corrected chi connectivity index (χ2v) is 11.6. The highest BCUT2D eigenvalue weighted by Gasteiger charge is 2.39. The number of hydrogen-bond donors (Lipinski definition) is 1. The number of fused-ring (bicyclic) bond motifs is 1. The standard InChI is InChI=1S/C26H31N7OS/c1-25(2)12-16(13-26(3,4)31-25)33(6)21-10-9-19(29-30-21)17-7-8-18(24-23(17)28-15-35-24)20-11-22(34)32(5)14-27-20/h7-11,14-16,31H,12-13H2,1-6H3. The quantitative estimate of drug-likeness (QED) is 0.458. The van der Waals surface area contributed by atoms with Crippen LogP contribution >= 0.6 is 11.3 Å². The number of aryl methyl sites for hydroxylation is 1. The van der Waals surface area contributed by atoms with Gasteiger partial charge in [-0.3, -0.25) is 4.79 Å². The number of nitrogens with one attached hydrogen (secondary N) is 1. The van der Waals surface area contributed by atoms with Crippen LogP contribution in [0.1, 0.15) is 40.5 Å². The van der Waals surface area contributed by atoms with E-state index in [1.54, 1.807) is 19.4 Å². The zero-order valence-corrected chi connectivity index (χ0v) is 21.8. The molecule has 0 bridgehead atoms. The number of hydrogen-bond acceptors (Lipinski definition) is 8. The summed E-state index contributed by atoms with van der Waals surface area (Å²) in [5, 5.41) is 12.9. The Balaban J connectivity index is 1.45. The summed E-state index contributed by atoms with van der Waals surface area (Å²) in [7, 11) is 3.80. The number of aromatic nitrogens is 5. The molecule has 1 fully saturated rings. The van der Waals surface area contributed by atoms with Crippen LogP contribution in [0.25, 0.3) is 32.7 Å². The molecular weight excluding hydrogens is 458 g/mol. The van der Waals surface area contributed by atoms with E-state index in [-0.39, 0.29) is 16.6 Å². The molecule has 1 aromatic carbocycles. The van der Waals surface area contributed by atoms with E-state index in [0.29, 0.717) is 11.7 Å². The Morgan fingerprint density at radius 1 is 1.00 bits per heavy atom. The molecule has 9 heteroatoms. The molecule has 0 saturated carbocycles. The van der Waals surface area contributed by atoms with Gasteiger partial charge in [0.05, 0.1) is 33.4 Å². The molecule has 0 spiro atoms. The number of nitrogens with zero attached hydrogens (tertiary/aromatic N) is 6. The van der Waals surface area contributed by atoms with Crippen LogP contribution in [0.15, 0.2) is 47.0 Å². The maximum atomic E-state index is 12.1. The molecule has 5 rings (SSSR count). The largest absolute Gasteiger partial charge is 0.355 e. The molecule has 3 aromatic heterocycles. The Labute approximate surface area is 209 Å². The summed E-state index contributed by atoms with van der Waals surface area (Å²) in [6, 6.07) is 9.96. The molecule has 0 amide bonds. The first-order valence-electron chi connectivity index (χ1n) is 11.8. The third kappa shape index (κ3) is 4.58. The van der Waals surface area contributed by atoms with Crippen LogP contribution < -0.4 is 15.8 Å². The van der Waals surface area contributed by atoms with E-state index in [1.807, 2.05) is 29.8 Å². The van der Waals surface area contributed by atoms with Crippen molar-refractivity contribution >= 4 is 27.4 Å². The molecule has 8 nitrogen and oxygen atoms in total. The number of rotatable bonds is 4. The summed E-state index contributed by atoms with van der Waals surface area (Å²) in [6.07, 6.45) is 3.62. The second-order valence-electron chi connectivity index (χ2n) is 10.8. The average molecular weight is 490 g/mol. The Morgan fingerprint density at radius 2 is 1.71 bits per heavy atom. The predicted octanol–water partition coefficient (Wildman–Crippen LogP) is 4.26. The molecule has 4 aromatic rings. The minimum absolute atomic E-state index is 0.0594. The van der Waals surface area contributed by atoms with Crippen molar-refractivity contribution in [2.24, 2.45) is 7.05 Å². The number of thiazole rings is 1. The molecule has 1 N–H and O–H groups in total. The van der Waals surface area contributed by atoms with Gasteiger partial charge in [-0.05, 0) is 58.7 Å². The summed E-state index contributed by atoms with van der Waals surface area (Å²) in [4.78, 5) is 23.4. The molecule has 0 radical (unpaired) electrons. The molecule has 0 aliphatic carbocycles. The van der Waals surface area contributed by atoms with Gasteiger partial charge in [-0.15, -0.1) is 21.5 Å². The summed E-state index contributed by atoms with van der Waals surface area (Å²) >= 11 is 1.53. The van der Waals surface area contributed by atoms with Gasteiger partial charge in [-0.2, -0.15) is 0 Å². The molecule has 35 heavy (non-hydrogen) atoms. The van der Waals surface area contributed by atoms with Crippen LogP contribution in [0.2, 0.25) is 0 Å². The van der Waals surface area contributed by atoms with Crippen molar-refractivity contribution in [1.29, 1.82) is 0 Å². The van der Waals surface area contributed by atoms with Crippen LogP contribution in [-0.2, 0) is 7.05 Å². The van der Waals surface area contributed by atoms with Crippen molar-refractivity contribution in [3.8, 4) is 22.5 Å². The van der Waals surface area contributed by atoms with Gasteiger partial charge in [0.25, 0.3) is 5.56 Å². The maximum Gasteiger partial charge on any atom is 0.253 e. The molecule has 1 aliphatic rings. The minimum Gasteiger partial charge on any atom is -0.355 e. The Hall–Kier alpha value is -3.17. The van der Waals surface area contributed by atoms with Crippen molar-refractivity contribution in [1.82, 2.24) is 30.0 Å². The lowest BCUT2D eigenvalue weighted by atomic mass is 9.79. The van der Waals surface area contributed by atoms with Crippen molar-refractivity contribution in [3.05, 3.63) is 52.5 Å². The van der Waals surface area contributed by atoms with E-state index < -0.39 is 0 Å². The highest BCUT2D eigenvalue weighted by Crippen LogP contribution is 2.36. The van der Waals surface area contributed by atoms with Crippen LogP contribution in [0.5, 0.6) is 0 Å². The molecule has 1 saturated heterocycles. The SMILES string of the molecule is CN(c1ccc(-c2ccc(-c3cc(=O)n(C)cn3)c3scnc23)nn1)C1CC(C)(C)NC(C)(C)C1. The van der Waals surface area contributed by atoms with Crippen LogP contribution in [0.4, 0.5) is 5.82 Å². The number of benzene rings is 1. The van der Waals surface area contributed by atoms with Crippen LogP contribution in [-0.4, -0.2) is 48.9 Å². The second kappa shape index (κ2) is 8.49.